The van der Waals surface area contributed by atoms with Gasteiger partial charge in [-0.05, 0) is 67.5 Å². The number of halogens is 2. The Morgan fingerprint density at radius 3 is 2.62 bits per heavy atom. The van der Waals surface area contributed by atoms with Crippen LogP contribution in [0.1, 0.15) is 42.0 Å². The van der Waals surface area contributed by atoms with E-state index in [0.717, 1.165) is 53.5 Å². The summed E-state index contributed by atoms with van der Waals surface area (Å²) in [7, 11) is 3.52. The van der Waals surface area contributed by atoms with Crippen molar-refractivity contribution in [1.29, 1.82) is 0 Å². The highest BCUT2D eigenvalue weighted by molar-refractivity contribution is 5.80. The molecule has 4 aromatic rings. The van der Waals surface area contributed by atoms with Crippen LogP contribution in [-0.4, -0.2) is 45.2 Å². The lowest BCUT2D eigenvalue weighted by Crippen LogP contribution is -2.38. The number of hydrogen-bond acceptors (Lipinski definition) is 4. The highest BCUT2D eigenvalue weighted by atomic mass is 19.2. The van der Waals surface area contributed by atoms with Crippen molar-refractivity contribution in [2.45, 2.75) is 44.6 Å². The van der Waals surface area contributed by atoms with Crippen molar-refractivity contribution < 1.29 is 18.3 Å². The predicted molar refractivity (Wildman–Crippen MR) is 144 cm³/mol. The van der Waals surface area contributed by atoms with Gasteiger partial charge in [0.15, 0.2) is 11.6 Å². The molecule has 3 atom stereocenters. The van der Waals surface area contributed by atoms with Gasteiger partial charge in [0.05, 0.1) is 29.7 Å². The molecule has 0 saturated heterocycles. The standard InChI is InChI=1S/C30H33F2N5O2/c1-19-28(37(23-7-5-4-6-8-23)35-30(19)22-17-33-36(2)18-22)16-29(38)34-27-14-20(11-12-39-3)13-24(27)21-9-10-25(31)26(32)15-21/h4-10,15,17-18,20,24,27H,11-14,16H2,1-3H3,(H,34,38)/t20-,24-,27+/m0/s1. The lowest BCUT2D eigenvalue weighted by Gasteiger charge is -2.22. The van der Waals surface area contributed by atoms with E-state index in [9.17, 15) is 13.6 Å². The molecule has 0 aliphatic heterocycles. The molecule has 2 heterocycles. The third-order valence-corrected chi connectivity index (χ3v) is 7.66. The van der Waals surface area contributed by atoms with Crippen LogP contribution < -0.4 is 5.32 Å². The Morgan fingerprint density at radius 2 is 1.92 bits per heavy atom. The Hall–Kier alpha value is -3.85. The summed E-state index contributed by atoms with van der Waals surface area (Å²) >= 11 is 0. The number of hydrogen-bond donors (Lipinski definition) is 1. The van der Waals surface area contributed by atoms with Crippen LogP contribution in [0.2, 0.25) is 0 Å². The lowest BCUT2D eigenvalue weighted by atomic mass is 9.93. The molecule has 5 rings (SSSR count). The molecule has 1 aliphatic carbocycles. The molecule has 1 saturated carbocycles. The first-order valence-electron chi connectivity index (χ1n) is 13.2. The number of amides is 1. The Morgan fingerprint density at radius 1 is 1.13 bits per heavy atom. The number of para-hydroxylation sites is 1. The molecule has 0 spiro atoms. The summed E-state index contributed by atoms with van der Waals surface area (Å²) in [5, 5.41) is 12.4. The maximum Gasteiger partial charge on any atom is 0.226 e. The topological polar surface area (TPSA) is 74.0 Å². The zero-order valence-corrected chi connectivity index (χ0v) is 22.4. The molecule has 0 radical (unpaired) electrons. The fraction of sp³-hybridized carbons (Fsp3) is 0.367. The normalized spacial score (nSPS) is 18.9. The molecule has 7 nitrogen and oxygen atoms in total. The lowest BCUT2D eigenvalue weighted by molar-refractivity contribution is -0.121. The summed E-state index contributed by atoms with van der Waals surface area (Å²) in [4.78, 5) is 13.5. The Bertz CT molecular complexity index is 1450. The zero-order chi connectivity index (χ0) is 27.5. The van der Waals surface area contributed by atoms with Crippen molar-refractivity contribution in [1.82, 2.24) is 24.9 Å². The van der Waals surface area contributed by atoms with Crippen LogP contribution in [0.4, 0.5) is 8.78 Å². The largest absolute Gasteiger partial charge is 0.385 e. The number of carbonyl (C=O) groups excluding carboxylic acids is 1. The van der Waals surface area contributed by atoms with Crippen molar-refractivity contribution in [2.75, 3.05) is 13.7 Å². The first-order chi connectivity index (χ1) is 18.8. The third-order valence-electron chi connectivity index (χ3n) is 7.66. The average Bonchev–Trinajstić information content (AvgIpc) is 3.62. The molecule has 0 unspecified atom stereocenters. The van der Waals surface area contributed by atoms with Gasteiger partial charge in [-0.3, -0.25) is 9.48 Å². The van der Waals surface area contributed by atoms with Gasteiger partial charge in [0.2, 0.25) is 5.91 Å². The van der Waals surface area contributed by atoms with E-state index in [2.05, 4.69) is 10.4 Å². The molecule has 2 aromatic carbocycles. The molecule has 9 heteroatoms. The second-order valence-corrected chi connectivity index (χ2v) is 10.3. The fourth-order valence-corrected chi connectivity index (χ4v) is 5.68. The van der Waals surface area contributed by atoms with Crippen LogP contribution in [0.25, 0.3) is 16.9 Å². The van der Waals surface area contributed by atoms with Crippen LogP contribution in [-0.2, 0) is 23.0 Å². The first kappa shape index (κ1) is 26.7. The molecule has 204 valence electrons. The maximum atomic E-state index is 14.1. The van der Waals surface area contributed by atoms with Crippen molar-refractivity contribution in [3.63, 3.8) is 0 Å². The van der Waals surface area contributed by atoms with E-state index >= 15 is 0 Å². The summed E-state index contributed by atoms with van der Waals surface area (Å²) in [5.74, 6) is -1.69. The fourth-order valence-electron chi connectivity index (χ4n) is 5.68. The predicted octanol–water partition coefficient (Wildman–Crippen LogP) is 5.12. The minimum atomic E-state index is -0.873. The molecule has 1 N–H and O–H groups in total. The van der Waals surface area contributed by atoms with Crippen LogP contribution >= 0.6 is 0 Å². The third kappa shape index (κ3) is 5.78. The van der Waals surface area contributed by atoms with Gasteiger partial charge in [0.25, 0.3) is 0 Å². The van der Waals surface area contributed by atoms with E-state index in [4.69, 9.17) is 9.84 Å². The number of nitrogens with zero attached hydrogens (tertiary/aromatic N) is 4. The summed E-state index contributed by atoms with van der Waals surface area (Å²) in [6.07, 6.45) is 6.15. The minimum absolute atomic E-state index is 0.114. The summed E-state index contributed by atoms with van der Waals surface area (Å²) < 4.78 is 36.6. The highest BCUT2D eigenvalue weighted by Gasteiger charge is 2.36. The van der Waals surface area contributed by atoms with Gasteiger partial charge in [0.1, 0.15) is 0 Å². The van der Waals surface area contributed by atoms with Gasteiger partial charge in [0, 0.05) is 44.5 Å². The molecule has 39 heavy (non-hydrogen) atoms. The summed E-state index contributed by atoms with van der Waals surface area (Å²) in [5.41, 5.74) is 4.90. The molecular weight excluding hydrogens is 500 g/mol. The van der Waals surface area contributed by atoms with Crippen molar-refractivity contribution in [3.8, 4) is 16.9 Å². The molecular formula is C30H33F2N5O2. The van der Waals surface area contributed by atoms with Crippen molar-refractivity contribution >= 4 is 5.91 Å². The first-order valence-corrected chi connectivity index (χ1v) is 13.2. The highest BCUT2D eigenvalue weighted by Crippen LogP contribution is 2.40. The SMILES string of the molecule is COCC[C@@H]1C[C@@H](NC(=O)Cc2c(C)c(-c3cnn(C)c3)nn2-c2ccccc2)[C@H](c2ccc(F)c(F)c2)C1. The molecule has 1 fully saturated rings. The smallest absolute Gasteiger partial charge is 0.226 e. The van der Waals surface area contributed by atoms with Gasteiger partial charge >= 0.3 is 0 Å². The number of ether oxygens (including phenoxy) is 1. The number of nitrogens with one attached hydrogen (secondary N) is 1. The molecule has 2 aromatic heterocycles. The second-order valence-electron chi connectivity index (χ2n) is 10.3. The molecule has 1 aliphatic rings. The van der Waals surface area contributed by atoms with Gasteiger partial charge < -0.3 is 10.1 Å². The summed E-state index contributed by atoms with van der Waals surface area (Å²) in [6.45, 7) is 2.58. The second kappa shape index (κ2) is 11.5. The van der Waals surface area contributed by atoms with E-state index in [1.165, 1.54) is 6.07 Å². The number of methoxy groups -OCH3 is 1. The average molecular weight is 534 g/mol. The van der Waals surface area contributed by atoms with Crippen molar-refractivity contribution in [2.24, 2.45) is 13.0 Å². The number of carbonyl (C=O) groups is 1. The van der Waals surface area contributed by atoms with Crippen molar-refractivity contribution in [3.05, 3.63) is 89.4 Å². The van der Waals surface area contributed by atoms with Gasteiger partial charge in [-0.1, -0.05) is 24.3 Å². The molecule has 1 amide bonds. The van der Waals surface area contributed by atoms with Crippen LogP contribution in [0.3, 0.4) is 0 Å². The number of rotatable bonds is 9. The van der Waals surface area contributed by atoms with Gasteiger partial charge in [-0.2, -0.15) is 10.2 Å². The number of aryl methyl sites for hydroxylation is 1. The van der Waals surface area contributed by atoms with Gasteiger partial charge in [-0.25, -0.2) is 13.5 Å². The van der Waals surface area contributed by atoms with E-state index in [1.807, 2.05) is 55.2 Å². The quantitative estimate of drug-likeness (QED) is 0.324. The Labute approximate surface area is 226 Å². The van der Waals surface area contributed by atoms with E-state index in [1.54, 1.807) is 24.1 Å². The van der Waals surface area contributed by atoms with E-state index < -0.39 is 11.6 Å². The van der Waals surface area contributed by atoms with Crippen LogP contribution in [0, 0.1) is 24.5 Å². The zero-order valence-electron chi connectivity index (χ0n) is 22.4. The Kier molecular flexibility index (Phi) is 7.88. The monoisotopic (exact) mass is 533 g/mol. The maximum absolute atomic E-state index is 14.1. The van der Waals surface area contributed by atoms with Crippen LogP contribution in [0.15, 0.2) is 60.9 Å². The number of benzene rings is 2. The Balaban J connectivity index is 1.42. The van der Waals surface area contributed by atoms with E-state index in [0.29, 0.717) is 18.1 Å². The summed E-state index contributed by atoms with van der Waals surface area (Å²) in [6, 6.07) is 13.6. The minimum Gasteiger partial charge on any atom is -0.385 e. The van der Waals surface area contributed by atoms with Crippen LogP contribution in [0.5, 0.6) is 0 Å². The van der Waals surface area contributed by atoms with Gasteiger partial charge in [-0.15, -0.1) is 0 Å². The number of aromatic nitrogens is 4. The van der Waals surface area contributed by atoms with E-state index in [-0.39, 0.29) is 24.3 Å². The molecule has 0 bridgehead atoms.